The average molecular weight is 271 g/mol. The van der Waals surface area contributed by atoms with Crippen molar-refractivity contribution in [3.8, 4) is 0 Å². The third-order valence-corrected chi connectivity index (χ3v) is 3.74. The predicted molar refractivity (Wildman–Crippen MR) is 73.4 cm³/mol. The minimum absolute atomic E-state index is 0.215. The second-order valence-corrected chi connectivity index (χ2v) is 5.30. The molecule has 0 saturated carbocycles. The molecule has 0 bridgehead atoms. The molecule has 1 heterocycles. The largest absolute Gasteiger partial charge is 0.313 e. The van der Waals surface area contributed by atoms with Gasteiger partial charge in [0.25, 0.3) is 0 Å². The summed E-state index contributed by atoms with van der Waals surface area (Å²) >= 11 is 5.81. The van der Waals surface area contributed by atoms with Crippen molar-refractivity contribution < 1.29 is 4.39 Å². The molecule has 1 aliphatic rings. The monoisotopic (exact) mass is 270 g/mol. The van der Waals surface area contributed by atoms with Crippen LogP contribution in [0.4, 0.5) is 4.39 Å². The summed E-state index contributed by atoms with van der Waals surface area (Å²) in [6.45, 7) is 6.26. The Hall–Kier alpha value is -0.640. The number of hydrogen-bond donors (Lipinski definition) is 1. The molecule has 0 spiro atoms. The van der Waals surface area contributed by atoms with Crippen molar-refractivity contribution in [1.82, 2.24) is 10.2 Å². The Labute approximate surface area is 113 Å². The lowest BCUT2D eigenvalue weighted by atomic mass is 10.1. The number of halogens is 2. The summed E-state index contributed by atoms with van der Waals surface area (Å²) < 4.78 is 13.1. The molecule has 2 nitrogen and oxygen atoms in total. The van der Waals surface area contributed by atoms with Crippen LogP contribution in [0.2, 0.25) is 5.02 Å². The molecule has 0 aliphatic carbocycles. The molecule has 100 valence electrons. The van der Waals surface area contributed by atoms with Gasteiger partial charge in [0, 0.05) is 19.1 Å². The van der Waals surface area contributed by atoms with Crippen LogP contribution >= 0.6 is 11.6 Å². The first-order chi connectivity index (χ1) is 8.69. The van der Waals surface area contributed by atoms with Gasteiger partial charge in [-0.25, -0.2) is 4.39 Å². The summed E-state index contributed by atoms with van der Waals surface area (Å²) in [6.07, 6.45) is 2.30. The summed E-state index contributed by atoms with van der Waals surface area (Å²) in [4.78, 5) is 2.41. The fourth-order valence-electron chi connectivity index (χ4n) is 2.39. The van der Waals surface area contributed by atoms with E-state index in [2.05, 4.69) is 17.1 Å². The summed E-state index contributed by atoms with van der Waals surface area (Å²) in [5.41, 5.74) is 1.08. The minimum atomic E-state index is -0.343. The molecule has 2 rings (SSSR count). The maximum atomic E-state index is 13.1. The van der Waals surface area contributed by atoms with Gasteiger partial charge in [-0.2, -0.15) is 0 Å². The van der Waals surface area contributed by atoms with Crippen LogP contribution in [0.25, 0.3) is 0 Å². The second-order valence-electron chi connectivity index (χ2n) is 4.90. The van der Waals surface area contributed by atoms with Crippen molar-refractivity contribution >= 4 is 11.6 Å². The van der Waals surface area contributed by atoms with Gasteiger partial charge in [-0.15, -0.1) is 0 Å². The van der Waals surface area contributed by atoms with E-state index in [1.54, 1.807) is 6.07 Å². The average Bonchev–Trinajstić information content (AvgIpc) is 2.59. The standard InChI is InChI=1S/C14H20ClFN2/c1-2-12-10-18(7-3-6-17-12)9-11-4-5-14(16)13(15)8-11/h4-5,8,12,17H,2-3,6-7,9-10H2,1H3. The number of hydrogen-bond acceptors (Lipinski definition) is 2. The highest BCUT2D eigenvalue weighted by atomic mass is 35.5. The first-order valence-electron chi connectivity index (χ1n) is 6.58. The van der Waals surface area contributed by atoms with Crippen molar-refractivity contribution in [3.63, 3.8) is 0 Å². The molecule has 1 unspecified atom stereocenters. The van der Waals surface area contributed by atoms with Gasteiger partial charge in [0.1, 0.15) is 5.82 Å². The van der Waals surface area contributed by atoms with Crippen molar-refractivity contribution in [2.75, 3.05) is 19.6 Å². The van der Waals surface area contributed by atoms with Crippen LogP contribution in [0.3, 0.4) is 0 Å². The van der Waals surface area contributed by atoms with Crippen LogP contribution in [0.1, 0.15) is 25.3 Å². The van der Waals surface area contributed by atoms with Gasteiger partial charge in [0.05, 0.1) is 5.02 Å². The normalized spacial score (nSPS) is 21.8. The van der Waals surface area contributed by atoms with Crippen LogP contribution in [-0.2, 0) is 6.54 Å². The van der Waals surface area contributed by atoms with E-state index in [1.165, 1.54) is 6.07 Å². The van der Waals surface area contributed by atoms with Crippen molar-refractivity contribution in [1.29, 1.82) is 0 Å². The van der Waals surface area contributed by atoms with Crippen LogP contribution < -0.4 is 5.32 Å². The van der Waals surface area contributed by atoms with Gasteiger partial charge >= 0.3 is 0 Å². The lowest BCUT2D eigenvalue weighted by Crippen LogP contribution is -2.36. The van der Waals surface area contributed by atoms with Gasteiger partial charge in [0.2, 0.25) is 0 Å². The van der Waals surface area contributed by atoms with Gasteiger partial charge in [-0.3, -0.25) is 4.90 Å². The van der Waals surface area contributed by atoms with E-state index < -0.39 is 0 Å². The molecule has 1 saturated heterocycles. The molecule has 1 aromatic carbocycles. The SMILES string of the molecule is CCC1CN(Cc2ccc(F)c(Cl)c2)CCCN1. The van der Waals surface area contributed by atoms with Gasteiger partial charge in [-0.05, 0) is 43.6 Å². The number of rotatable bonds is 3. The molecule has 0 radical (unpaired) electrons. The summed E-state index contributed by atoms with van der Waals surface area (Å²) in [5.74, 6) is -0.343. The lowest BCUT2D eigenvalue weighted by Gasteiger charge is -2.23. The topological polar surface area (TPSA) is 15.3 Å². The van der Waals surface area contributed by atoms with E-state index in [0.29, 0.717) is 6.04 Å². The molecule has 1 atom stereocenters. The van der Waals surface area contributed by atoms with Crippen molar-refractivity contribution in [2.45, 2.75) is 32.4 Å². The molecule has 0 amide bonds. The smallest absolute Gasteiger partial charge is 0.141 e. The third-order valence-electron chi connectivity index (χ3n) is 3.45. The Balaban J connectivity index is 2.00. The Kier molecular flexibility index (Phi) is 4.98. The summed E-state index contributed by atoms with van der Waals surface area (Å²) in [5, 5.41) is 3.76. The zero-order chi connectivity index (χ0) is 13.0. The molecule has 1 aromatic rings. The van der Waals surface area contributed by atoms with E-state index >= 15 is 0 Å². The van der Waals surface area contributed by atoms with Gasteiger partial charge in [-0.1, -0.05) is 24.6 Å². The lowest BCUT2D eigenvalue weighted by molar-refractivity contribution is 0.257. The first kappa shape index (κ1) is 13.8. The Bertz CT molecular complexity index is 397. The van der Waals surface area contributed by atoms with Crippen molar-refractivity contribution in [2.24, 2.45) is 0 Å². The Morgan fingerprint density at radius 3 is 3.06 bits per heavy atom. The Morgan fingerprint density at radius 2 is 2.33 bits per heavy atom. The number of nitrogens with one attached hydrogen (secondary N) is 1. The summed E-state index contributed by atoms with van der Waals surface area (Å²) in [7, 11) is 0. The van der Waals surface area contributed by atoms with E-state index in [-0.39, 0.29) is 10.8 Å². The maximum absolute atomic E-state index is 13.1. The zero-order valence-electron chi connectivity index (χ0n) is 10.8. The zero-order valence-corrected chi connectivity index (χ0v) is 11.5. The molecule has 4 heteroatoms. The molecule has 1 aliphatic heterocycles. The highest BCUT2D eigenvalue weighted by Crippen LogP contribution is 2.18. The van der Waals surface area contributed by atoms with Crippen molar-refractivity contribution in [3.05, 3.63) is 34.6 Å². The second kappa shape index (κ2) is 6.50. The molecule has 18 heavy (non-hydrogen) atoms. The Morgan fingerprint density at radius 1 is 1.50 bits per heavy atom. The summed E-state index contributed by atoms with van der Waals surface area (Å²) in [6, 6.07) is 5.56. The quantitative estimate of drug-likeness (QED) is 0.908. The van der Waals surface area contributed by atoms with Crippen LogP contribution in [0.5, 0.6) is 0 Å². The van der Waals surface area contributed by atoms with E-state index in [1.807, 2.05) is 6.07 Å². The van der Waals surface area contributed by atoms with E-state index in [0.717, 1.165) is 44.6 Å². The van der Waals surface area contributed by atoms with Gasteiger partial charge < -0.3 is 5.32 Å². The highest BCUT2D eigenvalue weighted by Gasteiger charge is 2.16. The van der Waals surface area contributed by atoms with Crippen LogP contribution in [0, 0.1) is 5.82 Å². The predicted octanol–water partition coefficient (Wildman–Crippen LogP) is 3.05. The fraction of sp³-hybridized carbons (Fsp3) is 0.571. The van der Waals surface area contributed by atoms with E-state index in [9.17, 15) is 4.39 Å². The number of nitrogens with zero attached hydrogens (tertiary/aromatic N) is 1. The minimum Gasteiger partial charge on any atom is -0.313 e. The third kappa shape index (κ3) is 3.67. The first-order valence-corrected chi connectivity index (χ1v) is 6.96. The highest BCUT2D eigenvalue weighted by molar-refractivity contribution is 6.30. The number of benzene rings is 1. The fourth-order valence-corrected chi connectivity index (χ4v) is 2.59. The van der Waals surface area contributed by atoms with Gasteiger partial charge in [0.15, 0.2) is 0 Å². The van der Waals surface area contributed by atoms with Crippen LogP contribution in [0.15, 0.2) is 18.2 Å². The molecular formula is C14H20ClFN2. The molecule has 0 aromatic heterocycles. The molecular weight excluding hydrogens is 251 g/mol. The van der Waals surface area contributed by atoms with E-state index in [4.69, 9.17) is 11.6 Å². The van der Waals surface area contributed by atoms with Crippen LogP contribution in [-0.4, -0.2) is 30.6 Å². The maximum Gasteiger partial charge on any atom is 0.141 e. The molecule has 1 N–H and O–H groups in total. The molecule has 1 fully saturated rings.